The second kappa shape index (κ2) is 6.30. The topological polar surface area (TPSA) is 29.1 Å². The maximum absolute atomic E-state index is 13.6. The fraction of sp³-hybridized carbons (Fsp3) is 0.762. The Kier molecular flexibility index (Phi) is 4.64. The van der Waals surface area contributed by atoms with E-state index in [9.17, 15) is 4.79 Å². The summed E-state index contributed by atoms with van der Waals surface area (Å²) in [6, 6.07) is 0. The molecule has 5 aliphatic carbocycles. The van der Waals surface area contributed by atoms with E-state index in [1.807, 2.05) is 0 Å². The first-order chi connectivity index (χ1) is 11.7. The average Bonchev–Trinajstić information content (AvgIpc) is 3.04. The summed E-state index contributed by atoms with van der Waals surface area (Å²) in [6.07, 6.45) is 6.53. The summed E-state index contributed by atoms with van der Waals surface area (Å²) in [5.41, 5.74) is 4.64. The van der Waals surface area contributed by atoms with Crippen molar-refractivity contribution in [1.29, 1.82) is 0 Å². The van der Waals surface area contributed by atoms with Gasteiger partial charge in [-0.05, 0) is 0 Å². The van der Waals surface area contributed by atoms with Gasteiger partial charge in [0.1, 0.15) is 0 Å². The van der Waals surface area contributed by atoms with Crippen LogP contribution in [0.15, 0.2) is 20.0 Å². The van der Waals surface area contributed by atoms with E-state index in [0.29, 0.717) is 17.7 Å². The first kappa shape index (κ1) is 18.4. The van der Waals surface area contributed by atoms with Gasteiger partial charge in [-0.1, -0.05) is 0 Å². The molecule has 0 spiro atoms. The van der Waals surface area contributed by atoms with Crippen molar-refractivity contribution < 1.29 is 26.0 Å². The van der Waals surface area contributed by atoms with E-state index in [0.717, 1.165) is 11.8 Å². The maximum atomic E-state index is 13.6. The van der Waals surface area contributed by atoms with E-state index in [1.54, 1.807) is 8.85 Å². The van der Waals surface area contributed by atoms with Crippen molar-refractivity contribution in [2.75, 3.05) is 0 Å². The Morgan fingerprint density at radius 3 is 2.16 bits per heavy atom. The van der Waals surface area contributed by atoms with Crippen LogP contribution in [0.2, 0.25) is 13.1 Å². The van der Waals surface area contributed by atoms with Crippen LogP contribution < -0.4 is 3.26 Å². The molecule has 0 radical (unpaired) electrons. The van der Waals surface area contributed by atoms with Crippen LogP contribution in [-0.4, -0.2) is 11.8 Å². The first-order valence-electron chi connectivity index (χ1n) is 10.3. The fourth-order valence-electron chi connectivity index (χ4n) is 6.74. The molecule has 137 valence electrons. The predicted octanol–water partition coefficient (Wildman–Crippen LogP) is 4.71. The minimum absolute atomic E-state index is 0.0521. The van der Waals surface area contributed by atoms with Crippen molar-refractivity contribution in [3.63, 3.8) is 0 Å². The number of rotatable bonds is 4. The number of allylic oxidation sites excluding steroid dienone is 4. The van der Waals surface area contributed by atoms with Crippen molar-refractivity contribution in [3.05, 3.63) is 20.0 Å². The molecular weight excluding hydrogens is 402 g/mol. The molecule has 0 aromatic carbocycles. The van der Waals surface area contributed by atoms with Gasteiger partial charge in [-0.3, -0.25) is 0 Å². The first-order valence-corrected chi connectivity index (χ1v) is 19.9. The fourth-order valence-corrected chi connectivity index (χ4v) is 22.6. The third kappa shape index (κ3) is 2.68. The second-order valence-corrected chi connectivity index (χ2v) is 28.0. The predicted molar refractivity (Wildman–Crippen MR) is 103 cm³/mol. The van der Waals surface area contributed by atoms with Gasteiger partial charge in [0.15, 0.2) is 0 Å². The van der Waals surface area contributed by atoms with Gasteiger partial charge in [-0.2, -0.15) is 0 Å². The summed E-state index contributed by atoms with van der Waals surface area (Å²) in [4.78, 5) is 13.6. The van der Waals surface area contributed by atoms with Crippen LogP contribution in [0, 0.1) is 29.1 Å². The van der Waals surface area contributed by atoms with E-state index >= 15 is 0 Å². The van der Waals surface area contributed by atoms with Gasteiger partial charge in [-0.25, -0.2) is 0 Å². The molecule has 0 saturated heterocycles. The molecule has 0 heterocycles. The van der Waals surface area contributed by atoms with Crippen molar-refractivity contribution in [2.24, 2.45) is 29.1 Å². The van der Waals surface area contributed by atoms with Crippen molar-refractivity contribution in [2.45, 2.75) is 72.9 Å². The molecule has 1 N–H and O–H groups in total. The summed E-state index contributed by atoms with van der Waals surface area (Å²) >= 11 is -2.05. The molecule has 3 unspecified atom stereocenters. The third-order valence-electron chi connectivity index (χ3n) is 8.20. The van der Waals surface area contributed by atoms with Gasteiger partial charge in [0, 0.05) is 0 Å². The Hall–Kier alpha value is 0.0500. The molecule has 0 aromatic rings. The molecule has 25 heavy (non-hydrogen) atoms. The van der Waals surface area contributed by atoms with E-state index in [1.165, 1.54) is 43.3 Å². The molecule has 4 heteroatoms. The number of hydrogen-bond acceptors (Lipinski definition) is 1. The van der Waals surface area contributed by atoms with Gasteiger partial charge in [-0.15, -0.1) is 0 Å². The van der Waals surface area contributed by atoms with Gasteiger partial charge in [0.05, 0.1) is 0 Å². The quantitative estimate of drug-likeness (QED) is 0.637. The summed E-state index contributed by atoms with van der Waals surface area (Å²) in [6.45, 7) is 14.3. The molecule has 5 aliphatic rings. The number of hydrogen-bond donors (Lipinski definition) is 1. The Morgan fingerprint density at radius 1 is 1.08 bits per heavy atom. The van der Waals surface area contributed by atoms with E-state index in [4.69, 9.17) is 0 Å². The zero-order valence-corrected chi connectivity index (χ0v) is 20.4. The van der Waals surface area contributed by atoms with E-state index in [2.05, 4.69) is 44.0 Å². The van der Waals surface area contributed by atoms with Gasteiger partial charge in [0.25, 0.3) is 0 Å². The third-order valence-corrected chi connectivity index (χ3v) is 25.2. The van der Waals surface area contributed by atoms with Crippen molar-refractivity contribution in [1.82, 2.24) is 3.26 Å². The van der Waals surface area contributed by atoms with Crippen molar-refractivity contribution in [3.8, 4) is 0 Å². The zero-order chi connectivity index (χ0) is 18.1. The number of carbonyl (C=O) groups is 1. The van der Waals surface area contributed by atoms with Crippen LogP contribution >= 0.6 is 0 Å². The van der Waals surface area contributed by atoms with Crippen LogP contribution in [0.5, 0.6) is 0 Å². The Bertz CT molecular complexity index is 665. The number of amides is 1. The molecule has 5 rings (SSSR count). The normalized spacial score (nSPS) is 39.2. The Labute approximate surface area is 162 Å². The molecule has 0 aliphatic heterocycles. The second-order valence-electron chi connectivity index (χ2n) is 9.79. The molecule has 1 amide bonds. The average molecular weight is 436 g/mol. The summed E-state index contributed by atoms with van der Waals surface area (Å²) < 4.78 is 5.56. The monoisotopic (exact) mass is 434 g/mol. The van der Waals surface area contributed by atoms with Crippen LogP contribution in [-0.2, 0) is 26.0 Å². The Morgan fingerprint density at radius 2 is 1.68 bits per heavy atom. The number of carbonyl (C=O) groups excluding carboxylic acids is 1. The molecule has 4 saturated carbocycles. The van der Waals surface area contributed by atoms with Gasteiger partial charge in [0.2, 0.25) is 0 Å². The van der Waals surface area contributed by atoms with Gasteiger partial charge >= 0.3 is 163 Å². The molecule has 0 aromatic heterocycles. The van der Waals surface area contributed by atoms with Crippen LogP contribution in [0.4, 0.5) is 0 Å². The molecular formula is C21H34NOSiZr. The van der Waals surface area contributed by atoms with Crippen LogP contribution in [0.1, 0.15) is 59.8 Å². The summed E-state index contributed by atoms with van der Waals surface area (Å²) in [5.74, 6) is 2.70. The zero-order valence-electron chi connectivity index (χ0n) is 16.8. The van der Waals surface area contributed by atoms with Gasteiger partial charge < -0.3 is 0 Å². The van der Waals surface area contributed by atoms with Crippen LogP contribution in [0.25, 0.3) is 0 Å². The molecule has 4 fully saturated rings. The number of nitrogens with one attached hydrogen (secondary N) is 1. The van der Waals surface area contributed by atoms with Crippen molar-refractivity contribution >= 4 is 11.8 Å². The SMILES string of the molecule is CC1=C(C)C(C)[C]([Zr]([NH]C(=O)C23CC4CC(CC2C4)C3)[SiH](C)C)=C1C. The molecule has 2 nitrogen and oxygen atoms in total. The van der Waals surface area contributed by atoms with E-state index < -0.39 is 27.1 Å². The Balaban J connectivity index is 1.59. The molecule has 3 atom stereocenters. The molecule has 4 bridgehead atoms. The summed E-state index contributed by atoms with van der Waals surface area (Å²) in [7, 11) is 0. The standard InChI is InChI=1S/C10H15NO.C9H13.C2H7Si.Zr/c11-9(12)10-4-6-1-7(5-10)3-8(10)2-6;1-6-5-7(2)9(4)8(6)3;1-3-2;/h6-8H,1-5H2,(H2,11,12);6H,1-4H3;3H,1-2H3;/q;;;+1/p-1. The van der Waals surface area contributed by atoms with E-state index in [-0.39, 0.29) is 5.41 Å². The van der Waals surface area contributed by atoms with Crippen LogP contribution in [0.3, 0.4) is 0 Å². The summed E-state index contributed by atoms with van der Waals surface area (Å²) in [5, 5.41) is 0. The minimum atomic E-state index is -2.05.